The number of carbonyl (C=O) groups excluding carboxylic acids is 1. The molecule has 128 valence electrons. The van der Waals surface area contributed by atoms with Crippen LogP contribution in [0.4, 0.5) is 10.5 Å². The van der Waals surface area contributed by atoms with E-state index in [1.54, 1.807) is 6.07 Å². The summed E-state index contributed by atoms with van der Waals surface area (Å²) in [5, 5.41) is 0.318. The fraction of sp³-hybridized carbons (Fsp3) is 0.200. The summed E-state index contributed by atoms with van der Waals surface area (Å²) in [4.78, 5) is 20.8. The number of pyridine rings is 1. The second-order valence-corrected chi connectivity index (χ2v) is 5.39. The normalized spacial score (nSPS) is 15.1. The van der Waals surface area contributed by atoms with Gasteiger partial charge < -0.3 is 9.47 Å². The second kappa shape index (κ2) is 8.39. The van der Waals surface area contributed by atoms with Gasteiger partial charge in [-0.3, -0.25) is 4.84 Å². The third kappa shape index (κ3) is 4.21. The Bertz CT molecular complexity index is 926. The molecule has 2 rings (SSSR count). The van der Waals surface area contributed by atoms with E-state index in [9.17, 15) is 4.79 Å². The lowest BCUT2D eigenvalue weighted by molar-refractivity contribution is 0.115. The van der Waals surface area contributed by atoms with E-state index in [-0.39, 0.29) is 44.0 Å². The predicted octanol–water partition coefficient (Wildman–Crippen LogP) is 4.76. The summed E-state index contributed by atoms with van der Waals surface area (Å²) in [5.74, 6) is -0.0748. The molecule has 1 heterocycles. The molecule has 6 nitrogen and oxygen atoms in total. The molecule has 1 aromatic heterocycles. The highest BCUT2D eigenvalue weighted by Crippen LogP contribution is 2.31. The lowest BCUT2D eigenvalue weighted by Crippen LogP contribution is -2.30. The summed E-state index contributed by atoms with van der Waals surface area (Å²) in [6.07, 6.45) is -1.57. The Balaban J connectivity index is 2.35. The molecule has 9 heteroatoms. The fourth-order valence-electron chi connectivity index (χ4n) is 1.73. The minimum Gasteiger partial charge on any atom is -0.472 e. The molecule has 0 N–H and O–H groups in total. The first kappa shape index (κ1) is 11.8. The molecule has 0 atom stereocenters. The maximum Gasteiger partial charge on any atom is 0.438 e. The number of aromatic nitrogens is 1. The highest BCUT2D eigenvalue weighted by atomic mass is 35.5. The summed E-state index contributed by atoms with van der Waals surface area (Å²) in [7, 11) is -6.22. The van der Waals surface area contributed by atoms with E-state index in [0.717, 1.165) is 0 Å². The van der Waals surface area contributed by atoms with Crippen LogP contribution in [0.15, 0.2) is 30.3 Å². The number of hydrogen-bond acceptors (Lipinski definition) is 5. The smallest absolute Gasteiger partial charge is 0.438 e. The number of hydroxylamine groups is 1. The molecule has 2 aromatic rings. The number of para-hydroxylation sites is 1. The number of amides is 1. The molecular formula is C15H13Cl3N2O4. The van der Waals surface area contributed by atoms with Gasteiger partial charge in [0.1, 0.15) is 11.6 Å². The Hall–Kier alpha value is -1.73. The molecule has 24 heavy (non-hydrogen) atoms. The van der Waals surface area contributed by atoms with E-state index in [4.69, 9.17) is 47.8 Å². The largest absolute Gasteiger partial charge is 0.472 e. The number of halogens is 3. The molecule has 0 unspecified atom stereocenters. The van der Waals surface area contributed by atoms with Gasteiger partial charge in [-0.05, 0) is 12.1 Å². The second-order valence-electron chi connectivity index (χ2n) is 4.22. The van der Waals surface area contributed by atoms with Gasteiger partial charge in [0.15, 0.2) is 5.15 Å². The van der Waals surface area contributed by atoms with Crippen molar-refractivity contribution in [1.82, 2.24) is 4.98 Å². The molecule has 0 saturated carbocycles. The van der Waals surface area contributed by atoms with E-state index >= 15 is 0 Å². The van der Waals surface area contributed by atoms with Gasteiger partial charge in [-0.25, -0.2) is 4.79 Å². The number of nitrogens with zero attached hydrogens (tertiary/aromatic N) is 2. The van der Waals surface area contributed by atoms with Crippen molar-refractivity contribution in [1.29, 1.82) is 0 Å². The van der Waals surface area contributed by atoms with Crippen molar-refractivity contribution >= 4 is 46.6 Å². The Labute approximate surface area is 162 Å². The molecular weight excluding hydrogens is 379 g/mol. The van der Waals surface area contributed by atoms with Crippen LogP contribution in [0.1, 0.15) is 13.8 Å². The highest BCUT2D eigenvalue weighted by Gasteiger charge is 2.20. The predicted molar refractivity (Wildman–Crippen MR) is 91.9 cm³/mol. The standard InChI is InChI=1S/C15H13Cl3N2O4/c1-22-15(21)20(23-2)12-6-4-3-5-9(12)8-24-14-11(17)7-10(16)13(18)19-14/h3-7H,8H2,1-2H3/i1D3,2D3. The Morgan fingerprint density at radius 3 is 2.79 bits per heavy atom. The molecule has 1 amide bonds. The Morgan fingerprint density at radius 2 is 2.04 bits per heavy atom. The average Bonchev–Trinajstić information content (AvgIpc) is 2.60. The lowest BCUT2D eigenvalue weighted by atomic mass is 10.2. The zero-order chi connectivity index (χ0) is 22.7. The zero-order valence-electron chi connectivity index (χ0n) is 17.8. The van der Waals surface area contributed by atoms with Gasteiger partial charge in [-0.15, -0.1) is 0 Å². The summed E-state index contributed by atoms with van der Waals surface area (Å²) in [5.41, 5.74) is 0.0761. The van der Waals surface area contributed by atoms with E-state index in [0.29, 0.717) is 0 Å². The van der Waals surface area contributed by atoms with Gasteiger partial charge in [0.05, 0.1) is 33.0 Å². The maximum absolute atomic E-state index is 12.3. The summed E-state index contributed by atoms with van der Waals surface area (Å²) >= 11 is 17.7. The Morgan fingerprint density at radius 1 is 1.25 bits per heavy atom. The summed E-state index contributed by atoms with van der Waals surface area (Å²) in [6.45, 7) is -0.275. The summed E-state index contributed by atoms with van der Waals surface area (Å²) in [6, 6.07) is 7.11. The molecule has 1 aromatic carbocycles. The minimum atomic E-state index is -3.13. The van der Waals surface area contributed by atoms with Crippen LogP contribution in [0.5, 0.6) is 5.88 Å². The third-order valence-corrected chi connectivity index (χ3v) is 3.72. The molecule has 0 aliphatic rings. The highest BCUT2D eigenvalue weighted by molar-refractivity contribution is 6.42. The quantitative estimate of drug-likeness (QED) is 0.538. The number of carbonyl (C=O) groups is 1. The number of ether oxygens (including phenoxy) is 2. The molecule has 0 radical (unpaired) electrons. The van der Waals surface area contributed by atoms with Gasteiger partial charge in [0.2, 0.25) is 5.88 Å². The van der Waals surface area contributed by atoms with Crippen molar-refractivity contribution in [2.45, 2.75) is 6.61 Å². The fourth-order valence-corrected chi connectivity index (χ4v) is 2.28. The molecule has 0 saturated heterocycles. The van der Waals surface area contributed by atoms with Gasteiger partial charge >= 0.3 is 6.09 Å². The van der Waals surface area contributed by atoms with Crippen molar-refractivity contribution < 1.29 is 27.3 Å². The van der Waals surface area contributed by atoms with Crippen LogP contribution in [0, 0.1) is 0 Å². The van der Waals surface area contributed by atoms with E-state index in [1.165, 1.54) is 24.3 Å². The molecule has 0 fully saturated rings. The molecule has 0 spiro atoms. The number of rotatable bonds is 5. The van der Waals surface area contributed by atoms with E-state index in [1.807, 2.05) is 0 Å². The van der Waals surface area contributed by atoms with Crippen LogP contribution in [-0.2, 0) is 16.2 Å². The molecule has 0 aliphatic carbocycles. The first-order valence-electron chi connectivity index (χ1n) is 9.21. The van der Waals surface area contributed by atoms with Crippen LogP contribution in [0.2, 0.25) is 15.2 Å². The topological polar surface area (TPSA) is 60.9 Å². The maximum atomic E-state index is 12.3. The van der Waals surface area contributed by atoms with Crippen LogP contribution in [-0.4, -0.2) is 25.2 Å². The first-order chi connectivity index (χ1) is 13.8. The van der Waals surface area contributed by atoms with Crippen LogP contribution in [0.25, 0.3) is 0 Å². The summed E-state index contributed by atoms with van der Waals surface area (Å²) < 4.78 is 52.7. The van der Waals surface area contributed by atoms with Crippen LogP contribution < -0.4 is 9.80 Å². The Kier molecular flexibility index (Phi) is 4.11. The van der Waals surface area contributed by atoms with Crippen molar-refractivity contribution in [2.24, 2.45) is 0 Å². The van der Waals surface area contributed by atoms with Crippen LogP contribution >= 0.6 is 34.8 Å². The third-order valence-electron chi connectivity index (χ3n) is 2.77. The van der Waals surface area contributed by atoms with Crippen molar-refractivity contribution in [3.63, 3.8) is 0 Å². The number of benzene rings is 1. The van der Waals surface area contributed by atoms with Crippen LogP contribution in [0.3, 0.4) is 0 Å². The van der Waals surface area contributed by atoms with E-state index in [2.05, 4.69) is 14.6 Å². The number of anilines is 1. The number of hydrogen-bond donors (Lipinski definition) is 0. The zero-order valence-corrected chi connectivity index (χ0v) is 14.0. The average molecular weight is 398 g/mol. The minimum absolute atomic E-state index is 0.0549. The van der Waals surface area contributed by atoms with Gasteiger partial charge in [-0.1, -0.05) is 53.0 Å². The first-order valence-corrected chi connectivity index (χ1v) is 7.35. The van der Waals surface area contributed by atoms with Gasteiger partial charge in [0.25, 0.3) is 0 Å². The molecule has 0 bridgehead atoms. The van der Waals surface area contributed by atoms with Gasteiger partial charge in [0, 0.05) is 5.56 Å². The lowest BCUT2D eigenvalue weighted by Gasteiger charge is -2.21. The molecule has 0 aliphatic heterocycles. The van der Waals surface area contributed by atoms with Crippen molar-refractivity contribution in [3.8, 4) is 5.88 Å². The monoisotopic (exact) mass is 396 g/mol. The SMILES string of the molecule is [2H]C([2H])([2H])OC(=O)N(OC([2H])([2H])[2H])c1ccccc1COc1nc(Cl)c(Cl)cc1Cl. The van der Waals surface area contributed by atoms with E-state index < -0.39 is 20.2 Å². The number of methoxy groups -OCH3 is 1. The van der Waals surface area contributed by atoms with Crippen molar-refractivity contribution in [3.05, 3.63) is 51.1 Å². The van der Waals surface area contributed by atoms with Gasteiger partial charge in [-0.2, -0.15) is 10.0 Å². The van der Waals surface area contributed by atoms with Crippen molar-refractivity contribution in [2.75, 3.05) is 19.1 Å².